The minimum atomic E-state index is -0.00912. The monoisotopic (exact) mass is 206 g/mol. The van der Waals surface area contributed by atoms with Crippen LogP contribution in [0.4, 0.5) is 0 Å². The Morgan fingerprint density at radius 2 is 2.33 bits per heavy atom. The molecule has 0 spiro atoms. The maximum Gasteiger partial charge on any atom is 0.173 e. The van der Waals surface area contributed by atoms with Crippen molar-refractivity contribution < 1.29 is 14.4 Å². The lowest BCUT2D eigenvalue weighted by Gasteiger charge is -2.06. The molecule has 0 amide bonds. The van der Waals surface area contributed by atoms with Crippen molar-refractivity contribution in [2.75, 3.05) is 7.11 Å². The molecule has 1 aromatic heterocycles. The van der Waals surface area contributed by atoms with Crippen LogP contribution in [0.3, 0.4) is 0 Å². The molecular weight excluding hydrogens is 196 g/mol. The number of rotatable bonds is 2. The third kappa shape index (κ3) is 1.48. The summed E-state index contributed by atoms with van der Waals surface area (Å²) in [5, 5.41) is 12.4. The van der Waals surface area contributed by atoms with Crippen molar-refractivity contribution in [2.45, 2.75) is 0 Å². The number of hydrogen-bond donors (Lipinski definition) is 2. The third-order valence-electron chi connectivity index (χ3n) is 2.16. The molecule has 5 nitrogen and oxygen atoms in total. The number of benzene rings is 1. The number of fused-ring (bicyclic) bond motifs is 1. The molecule has 0 aliphatic heterocycles. The molecule has 2 rings (SSSR count). The Labute approximate surface area is 85.7 Å². The fraction of sp³-hybridized carbons (Fsp3) is 0.100. The first-order valence-corrected chi connectivity index (χ1v) is 4.29. The molecule has 3 N–H and O–H groups in total. The molecular formula is C10H10N2O3. The summed E-state index contributed by atoms with van der Waals surface area (Å²) in [6.07, 6.45) is 1.57. The van der Waals surface area contributed by atoms with E-state index in [1.807, 2.05) is 6.07 Å². The second-order valence-electron chi connectivity index (χ2n) is 3.00. The molecule has 0 aliphatic carbocycles. The molecule has 0 fully saturated rings. The van der Waals surface area contributed by atoms with Gasteiger partial charge in [0.25, 0.3) is 0 Å². The van der Waals surface area contributed by atoms with Crippen LogP contribution in [-0.2, 0) is 0 Å². The van der Waals surface area contributed by atoms with E-state index in [0.717, 1.165) is 5.39 Å². The van der Waals surface area contributed by atoms with Gasteiger partial charge in [-0.2, -0.15) is 0 Å². The Morgan fingerprint density at radius 1 is 1.53 bits per heavy atom. The molecule has 0 radical (unpaired) electrons. The molecule has 0 aliphatic rings. The SMILES string of the molecule is COc1cc2ccoc2cc1/C(N)=N\O. The molecule has 0 atom stereocenters. The summed E-state index contributed by atoms with van der Waals surface area (Å²) in [5.41, 5.74) is 6.68. The lowest BCUT2D eigenvalue weighted by molar-refractivity contribution is 0.318. The molecule has 2 aromatic rings. The van der Waals surface area contributed by atoms with Gasteiger partial charge in [-0.15, -0.1) is 0 Å². The van der Waals surface area contributed by atoms with Crippen LogP contribution in [0, 0.1) is 0 Å². The zero-order valence-electron chi connectivity index (χ0n) is 8.10. The smallest absolute Gasteiger partial charge is 0.173 e. The standard InChI is InChI=1S/C10H10N2O3/c1-14-9-4-6-2-3-15-8(6)5-7(9)10(11)12-13/h2-5,13H,1H3,(H2,11,12). The Hall–Kier alpha value is -2.17. The van der Waals surface area contributed by atoms with E-state index >= 15 is 0 Å². The number of amidine groups is 1. The van der Waals surface area contributed by atoms with Crippen LogP contribution < -0.4 is 10.5 Å². The molecule has 0 unspecified atom stereocenters. The van der Waals surface area contributed by atoms with Crippen LogP contribution >= 0.6 is 0 Å². The first-order chi connectivity index (χ1) is 7.26. The minimum absolute atomic E-state index is 0.00912. The van der Waals surface area contributed by atoms with Gasteiger partial charge in [0, 0.05) is 5.39 Å². The van der Waals surface area contributed by atoms with Crippen LogP contribution in [0.5, 0.6) is 5.75 Å². The van der Waals surface area contributed by atoms with Crippen molar-refractivity contribution in [2.24, 2.45) is 10.9 Å². The van der Waals surface area contributed by atoms with Gasteiger partial charge in [-0.1, -0.05) is 5.16 Å². The average Bonchev–Trinajstić information content (AvgIpc) is 2.73. The van der Waals surface area contributed by atoms with Gasteiger partial charge in [0.1, 0.15) is 11.3 Å². The second-order valence-corrected chi connectivity index (χ2v) is 3.00. The van der Waals surface area contributed by atoms with Crippen molar-refractivity contribution in [3.8, 4) is 5.75 Å². The zero-order chi connectivity index (χ0) is 10.8. The maximum absolute atomic E-state index is 8.61. The molecule has 0 saturated carbocycles. The Balaban J connectivity index is 2.69. The van der Waals surface area contributed by atoms with Crippen molar-refractivity contribution >= 4 is 16.8 Å². The van der Waals surface area contributed by atoms with Crippen LogP contribution in [0.1, 0.15) is 5.56 Å². The van der Waals surface area contributed by atoms with E-state index in [-0.39, 0.29) is 5.84 Å². The Bertz CT molecular complexity index is 516. The van der Waals surface area contributed by atoms with Crippen LogP contribution in [0.15, 0.2) is 34.0 Å². The number of nitrogens with two attached hydrogens (primary N) is 1. The molecule has 0 bridgehead atoms. The van der Waals surface area contributed by atoms with Gasteiger partial charge >= 0.3 is 0 Å². The average molecular weight is 206 g/mol. The lowest BCUT2D eigenvalue weighted by Crippen LogP contribution is -2.14. The predicted octanol–water partition coefficient (Wildman–Crippen LogP) is 1.54. The molecule has 1 aromatic carbocycles. The normalized spacial score (nSPS) is 11.9. The maximum atomic E-state index is 8.61. The van der Waals surface area contributed by atoms with Gasteiger partial charge in [-0.25, -0.2) is 0 Å². The number of methoxy groups -OCH3 is 1. The van der Waals surface area contributed by atoms with E-state index in [1.54, 1.807) is 18.4 Å². The molecule has 0 saturated heterocycles. The highest BCUT2D eigenvalue weighted by Gasteiger charge is 2.10. The van der Waals surface area contributed by atoms with Crippen LogP contribution in [0.25, 0.3) is 11.0 Å². The third-order valence-corrected chi connectivity index (χ3v) is 2.16. The van der Waals surface area contributed by atoms with Gasteiger partial charge in [0.2, 0.25) is 0 Å². The summed E-state index contributed by atoms with van der Waals surface area (Å²) in [5.74, 6) is 0.532. The van der Waals surface area contributed by atoms with Crippen LogP contribution in [0.2, 0.25) is 0 Å². The Morgan fingerprint density at radius 3 is 3.00 bits per heavy atom. The highest BCUT2D eigenvalue weighted by Crippen LogP contribution is 2.26. The van der Waals surface area contributed by atoms with E-state index in [2.05, 4.69) is 5.16 Å². The molecule has 1 heterocycles. The number of nitrogens with zero attached hydrogens (tertiary/aromatic N) is 1. The summed E-state index contributed by atoms with van der Waals surface area (Å²) in [6.45, 7) is 0. The van der Waals surface area contributed by atoms with Gasteiger partial charge in [0.15, 0.2) is 5.84 Å². The summed E-state index contributed by atoms with van der Waals surface area (Å²) < 4.78 is 10.3. The lowest BCUT2D eigenvalue weighted by atomic mass is 10.1. The van der Waals surface area contributed by atoms with E-state index in [1.165, 1.54) is 7.11 Å². The summed E-state index contributed by atoms with van der Waals surface area (Å²) in [7, 11) is 1.52. The number of hydrogen-bond acceptors (Lipinski definition) is 4. The number of furan rings is 1. The van der Waals surface area contributed by atoms with Gasteiger partial charge in [-0.3, -0.25) is 0 Å². The molecule has 15 heavy (non-hydrogen) atoms. The van der Waals surface area contributed by atoms with Crippen molar-refractivity contribution in [3.05, 3.63) is 30.0 Å². The van der Waals surface area contributed by atoms with Gasteiger partial charge in [-0.05, 0) is 18.2 Å². The topological polar surface area (TPSA) is 81.0 Å². The Kier molecular flexibility index (Phi) is 2.21. The summed E-state index contributed by atoms with van der Waals surface area (Å²) >= 11 is 0. The second kappa shape index (κ2) is 3.53. The van der Waals surface area contributed by atoms with Gasteiger partial charge in [0.05, 0.1) is 18.9 Å². The van der Waals surface area contributed by atoms with E-state index in [4.69, 9.17) is 20.1 Å². The first-order valence-electron chi connectivity index (χ1n) is 4.29. The summed E-state index contributed by atoms with van der Waals surface area (Å²) in [6, 6.07) is 5.25. The van der Waals surface area contributed by atoms with E-state index in [9.17, 15) is 0 Å². The van der Waals surface area contributed by atoms with Crippen molar-refractivity contribution in [1.29, 1.82) is 0 Å². The highest BCUT2D eigenvalue weighted by molar-refractivity contribution is 6.02. The predicted molar refractivity (Wildman–Crippen MR) is 55.3 cm³/mol. The quantitative estimate of drug-likeness (QED) is 0.338. The minimum Gasteiger partial charge on any atom is -0.496 e. The highest BCUT2D eigenvalue weighted by atomic mass is 16.5. The fourth-order valence-electron chi connectivity index (χ4n) is 1.41. The largest absolute Gasteiger partial charge is 0.496 e. The summed E-state index contributed by atoms with van der Waals surface area (Å²) in [4.78, 5) is 0. The fourth-order valence-corrected chi connectivity index (χ4v) is 1.41. The van der Waals surface area contributed by atoms with Crippen LogP contribution in [-0.4, -0.2) is 18.2 Å². The number of ether oxygens (including phenoxy) is 1. The molecule has 5 heteroatoms. The zero-order valence-corrected chi connectivity index (χ0v) is 8.10. The van der Waals surface area contributed by atoms with E-state index in [0.29, 0.717) is 16.9 Å². The van der Waals surface area contributed by atoms with E-state index < -0.39 is 0 Å². The number of oxime groups is 1. The van der Waals surface area contributed by atoms with Crippen molar-refractivity contribution in [3.63, 3.8) is 0 Å². The molecule has 78 valence electrons. The first kappa shape index (κ1) is 9.39. The van der Waals surface area contributed by atoms with Gasteiger partial charge < -0.3 is 20.1 Å². The van der Waals surface area contributed by atoms with Crippen molar-refractivity contribution in [1.82, 2.24) is 0 Å².